The summed E-state index contributed by atoms with van der Waals surface area (Å²) in [6.07, 6.45) is 1.53. The number of hydrogen-bond donors (Lipinski definition) is 1. The van der Waals surface area contributed by atoms with Crippen molar-refractivity contribution in [3.63, 3.8) is 0 Å². The van der Waals surface area contributed by atoms with E-state index >= 15 is 0 Å². The van der Waals surface area contributed by atoms with Crippen molar-refractivity contribution in [1.82, 2.24) is 14.8 Å². The van der Waals surface area contributed by atoms with E-state index in [9.17, 15) is 13.2 Å². The number of ether oxygens (including phenoxy) is 1. The minimum atomic E-state index is -3.25. The zero-order valence-corrected chi connectivity index (χ0v) is 14.4. The lowest BCUT2D eigenvalue weighted by molar-refractivity contribution is 0.000269. The Morgan fingerprint density at radius 2 is 2.26 bits per heavy atom. The van der Waals surface area contributed by atoms with Gasteiger partial charge in [-0.25, -0.2) is 8.42 Å². The maximum Gasteiger partial charge on any atom is 0.289 e. The number of nitrogens with one attached hydrogen (secondary N) is 1. The molecule has 1 amide bonds. The monoisotopic (exact) mass is 345 g/mol. The molecular weight excluding hydrogens is 322 g/mol. The molecule has 0 aliphatic carbocycles. The van der Waals surface area contributed by atoms with Crippen molar-refractivity contribution in [3.8, 4) is 0 Å². The summed E-state index contributed by atoms with van der Waals surface area (Å²) in [5, 5.41) is 6.55. The highest BCUT2D eigenvalue weighted by molar-refractivity contribution is 7.88. The zero-order valence-electron chi connectivity index (χ0n) is 13.6. The van der Waals surface area contributed by atoms with Gasteiger partial charge in [0.05, 0.1) is 24.7 Å². The normalized spacial score (nSPS) is 19.9. The van der Waals surface area contributed by atoms with Gasteiger partial charge in [-0.15, -0.1) is 0 Å². The minimum absolute atomic E-state index is 0.149. The lowest BCUT2D eigenvalue weighted by atomic mass is 10.1. The molecule has 1 aromatic rings. The van der Waals surface area contributed by atoms with Crippen molar-refractivity contribution in [1.29, 1.82) is 0 Å². The molecule has 130 valence electrons. The maximum absolute atomic E-state index is 12.0. The van der Waals surface area contributed by atoms with Gasteiger partial charge in [0.1, 0.15) is 0 Å². The molecule has 1 atom stereocenters. The Morgan fingerprint density at radius 1 is 1.52 bits per heavy atom. The van der Waals surface area contributed by atoms with Gasteiger partial charge in [0, 0.05) is 25.7 Å². The van der Waals surface area contributed by atoms with Crippen LogP contribution in [-0.2, 0) is 21.2 Å². The first-order valence-electron chi connectivity index (χ1n) is 7.56. The SMILES string of the molecule is CC(C)Cc1cc(C(=O)NC[C@H]2CN(S(C)(=O)=O)CCO2)on1. The topological polar surface area (TPSA) is 102 Å². The number of carbonyl (C=O) groups excluding carboxylic acids is 1. The van der Waals surface area contributed by atoms with Gasteiger partial charge in [-0.1, -0.05) is 19.0 Å². The van der Waals surface area contributed by atoms with Crippen LogP contribution in [0.3, 0.4) is 0 Å². The van der Waals surface area contributed by atoms with E-state index in [0.717, 1.165) is 12.1 Å². The quantitative estimate of drug-likeness (QED) is 0.794. The van der Waals surface area contributed by atoms with Crippen LogP contribution in [0.25, 0.3) is 0 Å². The fraction of sp³-hybridized carbons (Fsp3) is 0.714. The van der Waals surface area contributed by atoms with E-state index in [1.807, 2.05) is 0 Å². The summed E-state index contributed by atoms with van der Waals surface area (Å²) < 4.78 is 34.9. The van der Waals surface area contributed by atoms with Crippen molar-refractivity contribution in [2.24, 2.45) is 5.92 Å². The fourth-order valence-electron chi connectivity index (χ4n) is 2.34. The molecule has 0 unspecified atom stereocenters. The van der Waals surface area contributed by atoms with Crippen LogP contribution in [0.15, 0.2) is 10.6 Å². The minimum Gasteiger partial charge on any atom is -0.374 e. The molecule has 2 heterocycles. The molecule has 1 aliphatic heterocycles. The lowest BCUT2D eigenvalue weighted by Crippen LogP contribution is -2.49. The van der Waals surface area contributed by atoms with Gasteiger partial charge >= 0.3 is 0 Å². The van der Waals surface area contributed by atoms with Crippen molar-refractivity contribution >= 4 is 15.9 Å². The molecule has 0 aromatic carbocycles. The van der Waals surface area contributed by atoms with Crippen molar-refractivity contribution in [3.05, 3.63) is 17.5 Å². The largest absolute Gasteiger partial charge is 0.374 e. The molecule has 8 nitrogen and oxygen atoms in total. The Morgan fingerprint density at radius 3 is 2.91 bits per heavy atom. The number of hydrogen-bond acceptors (Lipinski definition) is 6. The maximum atomic E-state index is 12.0. The molecular formula is C14H23N3O5S. The number of aromatic nitrogens is 1. The Hall–Kier alpha value is -1.45. The second-order valence-electron chi connectivity index (χ2n) is 6.10. The van der Waals surface area contributed by atoms with Crippen LogP contribution in [0.1, 0.15) is 30.1 Å². The average molecular weight is 345 g/mol. The van der Waals surface area contributed by atoms with Gasteiger partial charge in [-0.05, 0) is 12.3 Å². The Balaban J connectivity index is 1.85. The summed E-state index contributed by atoms with van der Waals surface area (Å²) in [6.45, 7) is 5.21. The smallest absolute Gasteiger partial charge is 0.289 e. The highest BCUT2D eigenvalue weighted by atomic mass is 32.2. The van der Waals surface area contributed by atoms with Crippen LogP contribution >= 0.6 is 0 Å². The summed E-state index contributed by atoms with van der Waals surface area (Å²) in [5.41, 5.74) is 0.738. The molecule has 1 aromatic heterocycles. The summed E-state index contributed by atoms with van der Waals surface area (Å²) in [7, 11) is -3.25. The Bertz CT molecular complexity index is 641. The van der Waals surface area contributed by atoms with Crippen LogP contribution in [0.4, 0.5) is 0 Å². The third-order valence-corrected chi connectivity index (χ3v) is 4.73. The molecule has 1 aliphatic rings. The summed E-state index contributed by atoms with van der Waals surface area (Å²) in [6, 6.07) is 1.62. The molecule has 1 saturated heterocycles. The van der Waals surface area contributed by atoms with E-state index in [0.29, 0.717) is 19.1 Å². The number of sulfonamides is 1. The van der Waals surface area contributed by atoms with Crippen LogP contribution in [0.2, 0.25) is 0 Å². The molecule has 1 fully saturated rings. The highest BCUT2D eigenvalue weighted by Gasteiger charge is 2.27. The van der Waals surface area contributed by atoms with Gasteiger partial charge in [-0.3, -0.25) is 4.79 Å². The molecule has 2 rings (SSSR count). The van der Waals surface area contributed by atoms with Crippen LogP contribution in [-0.4, -0.2) is 62.4 Å². The fourth-order valence-corrected chi connectivity index (χ4v) is 3.19. The zero-order chi connectivity index (χ0) is 17.0. The van der Waals surface area contributed by atoms with Gasteiger partial charge in [0.15, 0.2) is 0 Å². The Kier molecular flexibility index (Phi) is 5.77. The van der Waals surface area contributed by atoms with E-state index in [1.54, 1.807) is 6.07 Å². The van der Waals surface area contributed by atoms with Gasteiger partial charge in [-0.2, -0.15) is 4.31 Å². The lowest BCUT2D eigenvalue weighted by Gasteiger charge is -2.31. The molecule has 0 spiro atoms. The first-order valence-corrected chi connectivity index (χ1v) is 9.41. The summed E-state index contributed by atoms with van der Waals surface area (Å²) in [5.74, 6) is 0.192. The first-order chi connectivity index (χ1) is 10.8. The molecule has 0 radical (unpaired) electrons. The predicted molar refractivity (Wildman–Crippen MR) is 83.5 cm³/mol. The van der Waals surface area contributed by atoms with Gasteiger partial charge < -0.3 is 14.6 Å². The van der Waals surface area contributed by atoms with E-state index in [-0.39, 0.29) is 30.9 Å². The Labute approximate surface area is 136 Å². The van der Waals surface area contributed by atoms with Crippen LogP contribution in [0.5, 0.6) is 0 Å². The van der Waals surface area contributed by atoms with Crippen LogP contribution in [0, 0.1) is 5.92 Å². The standard InChI is InChI=1S/C14H23N3O5S/c1-10(2)6-11-7-13(22-16-11)14(18)15-8-12-9-17(4-5-21-12)23(3,19)20/h7,10,12H,4-6,8-9H2,1-3H3,(H,15,18)/t12-/m0/s1. The van der Waals surface area contributed by atoms with E-state index in [1.165, 1.54) is 10.6 Å². The average Bonchev–Trinajstić information content (AvgIpc) is 2.92. The summed E-state index contributed by atoms with van der Waals surface area (Å²) in [4.78, 5) is 12.0. The van der Waals surface area contributed by atoms with Crippen LogP contribution < -0.4 is 5.32 Å². The number of nitrogens with zero attached hydrogens (tertiary/aromatic N) is 2. The van der Waals surface area contributed by atoms with Gasteiger partial charge in [0.25, 0.3) is 5.91 Å². The summed E-state index contributed by atoms with van der Waals surface area (Å²) >= 11 is 0. The van der Waals surface area contributed by atoms with E-state index in [4.69, 9.17) is 9.26 Å². The number of rotatable bonds is 6. The van der Waals surface area contributed by atoms with E-state index in [2.05, 4.69) is 24.3 Å². The number of morpholine rings is 1. The van der Waals surface area contributed by atoms with Gasteiger partial charge in [0.2, 0.25) is 15.8 Å². The first kappa shape index (κ1) is 17.9. The third kappa shape index (κ3) is 5.29. The second kappa shape index (κ2) is 7.41. The van der Waals surface area contributed by atoms with Crippen molar-refractivity contribution in [2.45, 2.75) is 26.4 Å². The molecule has 9 heteroatoms. The van der Waals surface area contributed by atoms with E-state index < -0.39 is 10.0 Å². The molecule has 1 N–H and O–H groups in total. The van der Waals surface area contributed by atoms with Crippen molar-refractivity contribution in [2.75, 3.05) is 32.5 Å². The second-order valence-corrected chi connectivity index (χ2v) is 8.09. The molecule has 23 heavy (non-hydrogen) atoms. The predicted octanol–water partition coefficient (Wildman–Crippen LogP) is 0.263. The number of amides is 1. The third-order valence-electron chi connectivity index (χ3n) is 3.46. The highest BCUT2D eigenvalue weighted by Crippen LogP contribution is 2.10. The molecule has 0 saturated carbocycles. The molecule has 0 bridgehead atoms. The van der Waals surface area contributed by atoms with Crippen molar-refractivity contribution < 1.29 is 22.5 Å². The number of carbonyl (C=O) groups is 1.